The van der Waals surface area contributed by atoms with Crippen molar-refractivity contribution in [3.63, 3.8) is 0 Å². The zero-order chi connectivity index (χ0) is 10.5. The molecule has 0 aliphatic carbocycles. The molecule has 0 amide bonds. The normalized spacial score (nSPS) is 11.1. The van der Waals surface area contributed by atoms with E-state index in [0.717, 1.165) is 0 Å². The average molecular weight is 196 g/mol. The van der Waals surface area contributed by atoms with Gasteiger partial charge in [-0.2, -0.15) is 13.2 Å². The monoisotopic (exact) mass is 196 g/mol. The van der Waals surface area contributed by atoms with Gasteiger partial charge in [-0.25, -0.2) is 4.79 Å². The lowest BCUT2D eigenvalue weighted by Crippen LogP contribution is -2.15. The summed E-state index contributed by atoms with van der Waals surface area (Å²) in [6, 6.07) is 0. The van der Waals surface area contributed by atoms with Crippen LogP contribution in [0.1, 0.15) is 19.8 Å². The van der Waals surface area contributed by atoms with Crippen molar-refractivity contribution in [3.05, 3.63) is 12.2 Å². The number of hydrogen-bond donors (Lipinski definition) is 0. The molecule has 0 saturated carbocycles. The first-order valence-electron chi connectivity index (χ1n) is 3.78. The van der Waals surface area contributed by atoms with Crippen LogP contribution in [0.3, 0.4) is 0 Å². The lowest BCUT2D eigenvalue weighted by molar-refractivity contribution is -0.147. The van der Waals surface area contributed by atoms with Crippen molar-refractivity contribution < 1.29 is 22.7 Å². The highest BCUT2D eigenvalue weighted by Gasteiger charge is 2.30. The Labute approximate surface area is 74.4 Å². The van der Waals surface area contributed by atoms with E-state index >= 15 is 0 Å². The molecule has 0 aromatic rings. The quantitative estimate of drug-likeness (QED) is 0.510. The number of rotatable bonds is 4. The lowest BCUT2D eigenvalue weighted by atomic mass is 10.2. The predicted molar refractivity (Wildman–Crippen MR) is 41.1 cm³/mol. The van der Waals surface area contributed by atoms with E-state index < -0.39 is 24.1 Å². The zero-order valence-electron chi connectivity index (χ0n) is 7.28. The predicted octanol–water partition coefficient (Wildman–Crippen LogP) is 2.45. The van der Waals surface area contributed by atoms with Crippen LogP contribution >= 0.6 is 0 Å². The van der Waals surface area contributed by atoms with E-state index in [1.54, 1.807) is 6.92 Å². The molecule has 5 heteroatoms. The first kappa shape index (κ1) is 12.0. The Kier molecular flexibility index (Phi) is 4.51. The van der Waals surface area contributed by atoms with Crippen LogP contribution in [0.15, 0.2) is 12.2 Å². The van der Waals surface area contributed by atoms with Crippen LogP contribution in [0.4, 0.5) is 13.2 Å². The van der Waals surface area contributed by atoms with Gasteiger partial charge in [-0.3, -0.25) is 0 Å². The number of halogens is 3. The summed E-state index contributed by atoms with van der Waals surface area (Å²) < 4.78 is 39.6. The third-order valence-electron chi connectivity index (χ3n) is 1.14. The Morgan fingerprint density at radius 1 is 1.46 bits per heavy atom. The lowest BCUT2D eigenvalue weighted by Gasteiger charge is -2.08. The van der Waals surface area contributed by atoms with Crippen LogP contribution in [0.2, 0.25) is 0 Å². The van der Waals surface area contributed by atoms with Crippen LogP contribution in [-0.4, -0.2) is 18.8 Å². The summed E-state index contributed by atoms with van der Waals surface area (Å²) in [5, 5.41) is 0. The van der Waals surface area contributed by atoms with Crippen LogP contribution < -0.4 is 0 Å². The number of ether oxygens (including phenoxy) is 1. The maximum absolute atomic E-state index is 11.7. The minimum Gasteiger partial charge on any atom is -0.462 e. The summed E-state index contributed by atoms with van der Waals surface area (Å²) in [6.07, 6.45) is -5.14. The number of carbonyl (C=O) groups is 1. The van der Waals surface area contributed by atoms with Crippen molar-refractivity contribution in [1.29, 1.82) is 0 Å². The Hall–Kier alpha value is -1.00. The molecule has 76 valence electrons. The smallest absolute Gasteiger partial charge is 0.393 e. The van der Waals surface area contributed by atoms with E-state index in [4.69, 9.17) is 0 Å². The van der Waals surface area contributed by atoms with Gasteiger partial charge in [-0.05, 0) is 6.42 Å². The van der Waals surface area contributed by atoms with Gasteiger partial charge >= 0.3 is 12.1 Å². The summed E-state index contributed by atoms with van der Waals surface area (Å²) in [7, 11) is 0. The van der Waals surface area contributed by atoms with Crippen LogP contribution in [-0.2, 0) is 9.53 Å². The molecule has 0 unspecified atom stereocenters. The molecule has 0 heterocycles. The largest absolute Gasteiger partial charge is 0.462 e. The van der Waals surface area contributed by atoms with Crippen LogP contribution in [0.25, 0.3) is 0 Å². The van der Waals surface area contributed by atoms with Crippen molar-refractivity contribution in [2.75, 3.05) is 6.61 Å². The van der Waals surface area contributed by atoms with E-state index in [1.165, 1.54) is 0 Å². The highest BCUT2D eigenvalue weighted by Crippen LogP contribution is 2.23. The molecule has 0 bridgehead atoms. The molecule has 0 radical (unpaired) electrons. The average Bonchev–Trinajstić information content (AvgIpc) is 1.96. The van der Waals surface area contributed by atoms with Gasteiger partial charge in [0.05, 0.1) is 13.0 Å². The van der Waals surface area contributed by atoms with E-state index in [9.17, 15) is 18.0 Å². The maximum Gasteiger partial charge on any atom is 0.393 e. The molecule has 0 atom stereocenters. The van der Waals surface area contributed by atoms with Gasteiger partial charge in [-0.1, -0.05) is 13.5 Å². The Balaban J connectivity index is 3.91. The van der Waals surface area contributed by atoms with Gasteiger partial charge in [0.2, 0.25) is 0 Å². The molecule has 0 aromatic carbocycles. The summed E-state index contributed by atoms with van der Waals surface area (Å²) in [6.45, 7) is 4.87. The van der Waals surface area contributed by atoms with Crippen molar-refractivity contribution in [2.45, 2.75) is 25.9 Å². The molecule has 0 spiro atoms. The van der Waals surface area contributed by atoms with Gasteiger partial charge in [0, 0.05) is 5.57 Å². The summed E-state index contributed by atoms with van der Waals surface area (Å²) in [5.74, 6) is -0.973. The van der Waals surface area contributed by atoms with E-state index in [-0.39, 0.29) is 6.61 Å². The van der Waals surface area contributed by atoms with Crippen molar-refractivity contribution >= 4 is 5.97 Å². The molecule has 0 fully saturated rings. The van der Waals surface area contributed by atoms with Gasteiger partial charge in [0.25, 0.3) is 0 Å². The van der Waals surface area contributed by atoms with Gasteiger partial charge in [0.1, 0.15) is 0 Å². The standard InChI is InChI=1S/C8H11F3O2/c1-3-4-13-7(12)6(2)5-8(9,10)11/h2-5H2,1H3. The molecule has 0 aliphatic rings. The number of carbonyl (C=O) groups excluding carboxylic acids is 1. The first-order valence-corrected chi connectivity index (χ1v) is 3.78. The van der Waals surface area contributed by atoms with Crippen molar-refractivity contribution in [2.24, 2.45) is 0 Å². The van der Waals surface area contributed by atoms with E-state index in [2.05, 4.69) is 11.3 Å². The summed E-state index contributed by atoms with van der Waals surface area (Å²) in [4.78, 5) is 10.8. The number of hydrogen-bond acceptors (Lipinski definition) is 2. The zero-order valence-corrected chi connectivity index (χ0v) is 7.28. The Bertz CT molecular complexity index is 196. The topological polar surface area (TPSA) is 26.3 Å². The molecule has 0 N–H and O–H groups in total. The molecule has 0 aliphatic heterocycles. The Morgan fingerprint density at radius 2 is 2.00 bits per heavy atom. The second kappa shape index (κ2) is 4.89. The number of alkyl halides is 3. The number of esters is 1. The molecule has 0 aromatic heterocycles. The molecule has 13 heavy (non-hydrogen) atoms. The van der Waals surface area contributed by atoms with Crippen molar-refractivity contribution in [1.82, 2.24) is 0 Å². The summed E-state index contributed by atoms with van der Waals surface area (Å²) >= 11 is 0. The second-order valence-electron chi connectivity index (χ2n) is 2.53. The Morgan fingerprint density at radius 3 is 2.38 bits per heavy atom. The fourth-order valence-corrected chi connectivity index (χ4v) is 0.611. The fraction of sp³-hybridized carbons (Fsp3) is 0.625. The molecular formula is C8H11F3O2. The van der Waals surface area contributed by atoms with E-state index in [1.807, 2.05) is 0 Å². The SMILES string of the molecule is C=C(CC(F)(F)F)C(=O)OCCC. The first-order chi connectivity index (χ1) is 5.87. The third kappa shape index (κ3) is 6.19. The second-order valence-corrected chi connectivity index (χ2v) is 2.53. The summed E-state index contributed by atoms with van der Waals surface area (Å²) in [5.41, 5.74) is -0.555. The third-order valence-corrected chi connectivity index (χ3v) is 1.14. The molecule has 0 rings (SSSR count). The van der Waals surface area contributed by atoms with Gasteiger partial charge in [-0.15, -0.1) is 0 Å². The molecule has 0 saturated heterocycles. The minimum atomic E-state index is -4.40. The van der Waals surface area contributed by atoms with E-state index in [0.29, 0.717) is 6.42 Å². The molecular weight excluding hydrogens is 185 g/mol. The van der Waals surface area contributed by atoms with Crippen LogP contribution in [0.5, 0.6) is 0 Å². The minimum absolute atomic E-state index is 0.121. The highest BCUT2D eigenvalue weighted by molar-refractivity contribution is 5.87. The highest BCUT2D eigenvalue weighted by atomic mass is 19.4. The maximum atomic E-state index is 11.7. The van der Waals surface area contributed by atoms with Gasteiger partial charge in [0.15, 0.2) is 0 Å². The van der Waals surface area contributed by atoms with Crippen molar-refractivity contribution in [3.8, 4) is 0 Å². The van der Waals surface area contributed by atoms with Gasteiger partial charge < -0.3 is 4.74 Å². The molecule has 2 nitrogen and oxygen atoms in total. The van der Waals surface area contributed by atoms with Crippen LogP contribution in [0, 0.1) is 0 Å². The fourth-order valence-electron chi connectivity index (χ4n) is 0.611.